The van der Waals surface area contributed by atoms with Gasteiger partial charge in [0.25, 0.3) is 0 Å². The molecule has 1 fully saturated rings. The first-order chi connectivity index (χ1) is 14.5. The van der Waals surface area contributed by atoms with E-state index in [-0.39, 0.29) is 30.0 Å². The van der Waals surface area contributed by atoms with Gasteiger partial charge in [0, 0.05) is 44.8 Å². The van der Waals surface area contributed by atoms with Crippen molar-refractivity contribution in [3.8, 4) is 5.75 Å². The first-order valence-corrected chi connectivity index (χ1v) is 11.0. The third kappa shape index (κ3) is 9.11. The molecule has 0 aliphatic carbocycles. The van der Waals surface area contributed by atoms with Gasteiger partial charge in [-0.2, -0.15) is 0 Å². The smallest absolute Gasteiger partial charge is 0.191 e. The van der Waals surface area contributed by atoms with Crippen molar-refractivity contribution in [3.63, 3.8) is 0 Å². The number of rotatable bonds is 10. The van der Waals surface area contributed by atoms with Crippen LogP contribution in [0.1, 0.15) is 31.9 Å². The number of halogens is 1. The van der Waals surface area contributed by atoms with Crippen molar-refractivity contribution in [2.75, 3.05) is 67.6 Å². The Kier molecular flexibility index (Phi) is 13.4. The Morgan fingerprint density at radius 1 is 1.16 bits per heavy atom. The monoisotopic (exact) mass is 547 g/mol. The molecular formula is C23H42IN5O2. The van der Waals surface area contributed by atoms with Crippen molar-refractivity contribution in [3.05, 3.63) is 29.8 Å². The zero-order valence-corrected chi connectivity index (χ0v) is 22.4. The van der Waals surface area contributed by atoms with Crippen molar-refractivity contribution in [2.45, 2.75) is 32.4 Å². The number of hydrogen-bond acceptors (Lipinski definition) is 5. The summed E-state index contributed by atoms with van der Waals surface area (Å²) in [5, 5.41) is 7.06. The van der Waals surface area contributed by atoms with E-state index in [1.54, 1.807) is 7.11 Å². The quantitative estimate of drug-likeness (QED) is 0.267. The van der Waals surface area contributed by atoms with Gasteiger partial charge in [-0.15, -0.1) is 24.0 Å². The molecule has 7 nitrogen and oxygen atoms in total. The largest absolute Gasteiger partial charge is 0.496 e. The van der Waals surface area contributed by atoms with Crippen LogP contribution in [0, 0.1) is 5.92 Å². The highest BCUT2D eigenvalue weighted by Crippen LogP contribution is 2.27. The molecule has 2 N–H and O–H groups in total. The molecule has 1 aromatic rings. The van der Waals surface area contributed by atoms with Gasteiger partial charge in [0.05, 0.1) is 26.4 Å². The molecule has 31 heavy (non-hydrogen) atoms. The molecule has 1 aliphatic heterocycles. The molecule has 178 valence electrons. The Hall–Kier alpha value is -1.10. The van der Waals surface area contributed by atoms with Crippen LogP contribution in [0.4, 0.5) is 0 Å². The highest BCUT2D eigenvalue weighted by molar-refractivity contribution is 14.0. The van der Waals surface area contributed by atoms with Gasteiger partial charge in [0.15, 0.2) is 5.96 Å². The number of para-hydroxylation sites is 1. The van der Waals surface area contributed by atoms with Gasteiger partial charge in [-0.05, 0) is 32.5 Å². The summed E-state index contributed by atoms with van der Waals surface area (Å²) in [4.78, 5) is 9.20. The summed E-state index contributed by atoms with van der Waals surface area (Å²) in [7, 11) is 7.73. The number of hydrogen-bond donors (Lipinski definition) is 2. The van der Waals surface area contributed by atoms with Crippen LogP contribution in [-0.2, 0) is 4.74 Å². The number of benzene rings is 1. The van der Waals surface area contributed by atoms with E-state index in [4.69, 9.17) is 9.47 Å². The van der Waals surface area contributed by atoms with E-state index in [0.29, 0.717) is 12.0 Å². The normalized spacial score (nSPS) is 17.2. The lowest BCUT2D eigenvalue weighted by molar-refractivity contribution is 0.0132. The molecule has 0 bridgehead atoms. The topological polar surface area (TPSA) is 61.4 Å². The fourth-order valence-corrected chi connectivity index (χ4v) is 3.99. The number of nitrogens with one attached hydrogen (secondary N) is 2. The number of ether oxygens (including phenoxy) is 2. The van der Waals surface area contributed by atoms with Crippen LogP contribution >= 0.6 is 24.0 Å². The van der Waals surface area contributed by atoms with Crippen molar-refractivity contribution >= 4 is 29.9 Å². The van der Waals surface area contributed by atoms with Crippen LogP contribution in [0.2, 0.25) is 0 Å². The molecule has 2 rings (SSSR count). The van der Waals surface area contributed by atoms with E-state index >= 15 is 0 Å². The van der Waals surface area contributed by atoms with E-state index in [9.17, 15) is 0 Å². The predicted octanol–water partition coefficient (Wildman–Crippen LogP) is 2.83. The van der Waals surface area contributed by atoms with Crippen LogP contribution in [0.5, 0.6) is 5.75 Å². The minimum atomic E-state index is 0. The van der Waals surface area contributed by atoms with E-state index in [1.165, 1.54) is 5.56 Å². The first kappa shape index (κ1) is 27.9. The van der Waals surface area contributed by atoms with Crippen molar-refractivity contribution in [1.82, 2.24) is 20.4 Å². The number of aliphatic imine (C=N–C) groups is 1. The molecule has 0 saturated carbocycles. The maximum Gasteiger partial charge on any atom is 0.191 e. The third-order valence-corrected chi connectivity index (χ3v) is 5.62. The first-order valence-electron chi connectivity index (χ1n) is 11.0. The lowest BCUT2D eigenvalue weighted by atomic mass is 10.0. The van der Waals surface area contributed by atoms with Crippen LogP contribution in [-0.4, -0.2) is 89.4 Å². The van der Waals surface area contributed by atoms with Crippen LogP contribution in [0.25, 0.3) is 0 Å². The zero-order valence-electron chi connectivity index (χ0n) is 20.1. The summed E-state index contributed by atoms with van der Waals surface area (Å²) in [6.07, 6.45) is 1.16. The Balaban J connectivity index is 0.00000480. The van der Waals surface area contributed by atoms with Gasteiger partial charge in [-0.25, -0.2) is 0 Å². The summed E-state index contributed by atoms with van der Waals surface area (Å²) in [5.41, 5.74) is 1.17. The molecule has 2 unspecified atom stereocenters. The summed E-state index contributed by atoms with van der Waals surface area (Å²) in [6.45, 7) is 9.84. The summed E-state index contributed by atoms with van der Waals surface area (Å²) >= 11 is 0. The zero-order chi connectivity index (χ0) is 21.9. The molecule has 2 atom stereocenters. The molecule has 0 spiro atoms. The minimum absolute atomic E-state index is 0. The SMILES string of the molecule is CN=C(NCC(c1ccccc1OC)N(C)C)NCC(CC(C)C)N1CCOCC1.I. The van der Waals surface area contributed by atoms with Gasteiger partial charge < -0.3 is 25.0 Å². The highest BCUT2D eigenvalue weighted by Gasteiger charge is 2.23. The Bertz CT molecular complexity index is 651. The van der Waals surface area contributed by atoms with Gasteiger partial charge in [0.1, 0.15) is 5.75 Å². The molecule has 1 heterocycles. The molecule has 0 radical (unpaired) electrons. The summed E-state index contributed by atoms with van der Waals surface area (Å²) in [6, 6.07) is 8.84. The average molecular weight is 548 g/mol. The Labute approximate surface area is 206 Å². The molecule has 1 saturated heterocycles. The number of guanidine groups is 1. The van der Waals surface area contributed by atoms with Crippen LogP contribution in [0.15, 0.2) is 29.3 Å². The number of likely N-dealkylation sites (N-methyl/N-ethyl adjacent to an activating group) is 1. The maximum atomic E-state index is 5.58. The van der Waals surface area contributed by atoms with E-state index in [1.807, 2.05) is 19.2 Å². The second-order valence-electron chi connectivity index (χ2n) is 8.49. The van der Waals surface area contributed by atoms with Gasteiger partial charge in [-0.1, -0.05) is 32.0 Å². The minimum Gasteiger partial charge on any atom is -0.496 e. The summed E-state index contributed by atoms with van der Waals surface area (Å²) < 4.78 is 11.1. The molecule has 8 heteroatoms. The van der Waals surface area contributed by atoms with Crippen LogP contribution < -0.4 is 15.4 Å². The third-order valence-electron chi connectivity index (χ3n) is 5.62. The number of methoxy groups -OCH3 is 1. The van der Waals surface area contributed by atoms with E-state index in [2.05, 4.69) is 65.5 Å². The molecule has 0 amide bonds. The van der Waals surface area contributed by atoms with Gasteiger partial charge in [0.2, 0.25) is 0 Å². The second kappa shape index (κ2) is 14.9. The van der Waals surface area contributed by atoms with Crippen molar-refractivity contribution in [2.24, 2.45) is 10.9 Å². The lowest BCUT2D eigenvalue weighted by Crippen LogP contribution is -2.51. The maximum absolute atomic E-state index is 5.58. The number of morpholine rings is 1. The van der Waals surface area contributed by atoms with Gasteiger partial charge >= 0.3 is 0 Å². The molecular weight excluding hydrogens is 505 g/mol. The second-order valence-corrected chi connectivity index (χ2v) is 8.49. The molecule has 0 aromatic heterocycles. The Morgan fingerprint density at radius 3 is 2.39 bits per heavy atom. The molecule has 1 aliphatic rings. The summed E-state index contributed by atoms with van der Waals surface area (Å²) in [5.74, 6) is 2.39. The van der Waals surface area contributed by atoms with Crippen LogP contribution in [0.3, 0.4) is 0 Å². The number of nitrogens with zero attached hydrogens (tertiary/aromatic N) is 3. The van der Waals surface area contributed by atoms with Crippen molar-refractivity contribution < 1.29 is 9.47 Å². The van der Waals surface area contributed by atoms with E-state index in [0.717, 1.165) is 57.5 Å². The standard InChI is InChI=1S/C23H41N5O2.HI/c1-18(2)15-19(28-11-13-30-14-12-28)16-25-23(24-3)26-17-21(27(4)5)20-9-7-8-10-22(20)29-6;/h7-10,18-19,21H,11-17H2,1-6H3,(H2,24,25,26);1H. The van der Waals surface area contributed by atoms with Gasteiger partial charge in [-0.3, -0.25) is 9.89 Å². The Morgan fingerprint density at radius 2 is 1.81 bits per heavy atom. The fraction of sp³-hybridized carbons (Fsp3) is 0.696. The fourth-order valence-electron chi connectivity index (χ4n) is 3.99. The van der Waals surface area contributed by atoms with E-state index < -0.39 is 0 Å². The highest BCUT2D eigenvalue weighted by atomic mass is 127. The average Bonchev–Trinajstić information content (AvgIpc) is 2.75. The lowest BCUT2D eigenvalue weighted by Gasteiger charge is -2.36. The van der Waals surface area contributed by atoms with Crippen molar-refractivity contribution in [1.29, 1.82) is 0 Å². The molecule has 1 aromatic carbocycles. The predicted molar refractivity (Wildman–Crippen MR) is 140 cm³/mol.